The molecule has 3 nitrogen and oxygen atoms in total. The molecule has 20 heavy (non-hydrogen) atoms. The Balaban J connectivity index is 2.53. The SMILES string of the molecule is CCCC1CCC(N)C(CN(CC)C(C)CN(C)C)C1. The van der Waals surface area contributed by atoms with Crippen molar-refractivity contribution in [2.45, 2.75) is 65.0 Å². The molecule has 1 rings (SSSR count). The molecular formula is C17H37N3. The first-order valence-corrected chi connectivity index (χ1v) is 8.62. The van der Waals surface area contributed by atoms with Gasteiger partial charge >= 0.3 is 0 Å². The van der Waals surface area contributed by atoms with Crippen LogP contribution < -0.4 is 5.73 Å². The molecule has 0 aromatic rings. The van der Waals surface area contributed by atoms with Crippen LogP contribution in [0, 0.1) is 11.8 Å². The third-order valence-corrected chi connectivity index (χ3v) is 4.97. The smallest absolute Gasteiger partial charge is 0.0194 e. The molecule has 2 N–H and O–H groups in total. The van der Waals surface area contributed by atoms with Crippen LogP contribution in [0.5, 0.6) is 0 Å². The maximum Gasteiger partial charge on any atom is 0.0194 e. The zero-order chi connectivity index (χ0) is 15.1. The van der Waals surface area contributed by atoms with Crippen molar-refractivity contribution < 1.29 is 0 Å². The molecule has 0 radical (unpaired) electrons. The molecule has 0 saturated heterocycles. The molecule has 1 fully saturated rings. The van der Waals surface area contributed by atoms with Crippen LogP contribution in [0.15, 0.2) is 0 Å². The van der Waals surface area contributed by atoms with Crippen LogP contribution in [-0.4, -0.2) is 55.6 Å². The minimum Gasteiger partial charge on any atom is -0.327 e. The third-order valence-electron chi connectivity index (χ3n) is 4.97. The van der Waals surface area contributed by atoms with Crippen LogP contribution >= 0.6 is 0 Å². The number of rotatable bonds is 8. The zero-order valence-corrected chi connectivity index (χ0v) is 14.4. The molecule has 0 aliphatic heterocycles. The van der Waals surface area contributed by atoms with Crippen molar-refractivity contribution in [3.63, 3.8) is 0 Å². The van der Waals surface area contributed by atoms with Crippen molar-refractivity contribution in [3.8, 4) is 0 Å². The first-order chi connectivity index (χ1) is 9.47. The van der Waals surface area contributed by atoms with Crippen LogP contribution in [0.3, 0.4) is 0 Å². The molecule has 120 valence electrons. The lowest BCUT2D eigenvalue weighted by atomic mass is 9.76. The van der Waals surface area contributed by atoms with Gasteiger partial charge in [0.15, 0.2) is 0 Å². The second kappa shape index (κ2) is 9.01. The maximum absolute atomic E-state index is 6.40. The van der Waals surface area contributed by atoms with E-state index in [2.05, 4.69) is 44.7 Å². The highest BCUT2D eigenvalue weighted by atomic mass is 15.2. The molecule has 0 bridgehead atoms. The molecule has 4 unspecified atom stereocenters. The Hall–Kier alpha value is -0.120. The Morgan fingerprint density at radius 3 is 2.45 bits per heavy atom. The predicted octanol–water partition coefficient (Wildman–Crippen LogP) is 2.80. The highest BCUT2D eigenvalue weighted by Crippen LogP contribution is 2.32. The lowest BCUT2D eigenvalue weighted by molar-refractivity contribution is 0.116. The number of nitrogens with zero attached hydrogens (tertiary/aromatic N) is 2. The molecule has 1 saturated carbocycles. The highest BCUT2D eigenvalue weighted by Gasteiger charge is 2.29. The van der Waals surface area contributed by atoms with Crippen LogP contribution in [0.2, 0.25) is 0 Å². The standard InChI is InChI=1S/C17H37N3/c1-6-8-15-9-10-17(18)16(11-15)13-20(7-2)14(3)12-19(4)5/h14-17H,6-13,18H2,1-5H3. The Morgan fingerprint density at radius 2 is 1.90 bits per heavy atom. The van der Waals surface area contributed by atoms with Crippen molar-refractivity contribution in [1.29, 1.82) is 0 Å². The molecule has 0 aromatic carbocycles. The number of hydrogen-bond donors (Lipinski definition) is 1. The Kier molecular flexibility index (Phi) is 8.08. The number of likely N-dealkylation sites (N-methyl/N-ethyl adjacent to an activating group) is 2. The van der Waals surface area contributed by atoms with Gasteiger partial charge in [0, 0.05) is 25.2 Å². The van der Waals surface area contributed by atoms with Crippen LogP contribution in [-0.2, 0) is 0 Å². The molecule has 0 aromatic heterocycles. The second-order valence-electron chi connectivity index (χ2n) is 7.09. The van der Waals surface area contributed by atoms with E-state index in [9.17, 15) is 0 Å². The summed E-state index contributed by atoms with van der Waals surface area (Å²) in [5.41, 5.74) is 6.40. The molecule has 0 amide bonds. The lowest BCUT2D eigenvalue weighted by Crippen LogP contribution is -2.47. The van der Waals surface area contributed by atoms with E-state index in [1.54, 1.807) is 0 Å². The lowest BCUT2D eigenvalue weighted by Gasteiger charge is -2.39. The van der Waals surface area contributed by atoms with Crippen molar-refractivity contribution in [2.75, 3.05) is 33.7 Å². The third kappa shape index (κ3) is 5.71. The first kappa shape index (κ1) is 17.9. The van der Waals surface area contributed by atoms with Gasteiger partial charge in [-0.1, -0.05) is 26.7 Å². The van der Waals surface area contributed by atoms with Gasteiger partial charge in [0.2, 0.25) is 0 Å². The summed E-state index contributed by atoms with van der Waals surface area (Å²) < 4.78 is 0. The number of hydrogen-bond acceptors (Lipinski definition) is 3. The van der Waals surface area contributed by atoms with Gasteiger partial charge < -0.3 is 10.6 Å². The molecule has 1 aliphatic carbocycles. The van der Waals surface area contributed by atoms with Crippen molar-refractivity contribution in [1.82, 2.24) is 9.80 Å². The normalized spacial score (nSPS) is 29.1. The average molecular weight is 284 g/mol. The van der Waals surface area contributed by atoms with E-state index in [0.29, 0.717) is 18.0 Å². The zero-order valence-electron chi connectivity index (χ0n) is 14.4. The van der Waals surface area contributed by atoms with Gasteiger partial charge in [0.25, 0.3) is 0 Å². The van der Waals surface area contributed by atoms with E-state index in [0.717, 1.165) is 19.0 Å². The van der Waals surface area contributed by atoms with E-state index < -0.39 is 0 Å². The van der Waals surface area contributed by atoms with Gasteiger partial charge in [-0.25, -0.2) is 0 Å². The average Bonchev–Trinajstić information content (AvgIpc) is 2.38. The summed E-state index contributed by atoms with van der Waals surface area (Å²) in [4.78, 5) is 4.91. The van der Waals surface area contributed by atoms with Crippen LogP contribution in [0.1, 0.15) is 52.9 Å². The van der Waals surface area contributed by atoms with Crippen LogP contribution in [0.25, 0.3) is 0 Å². The highest BCUT2D eigenvalue weighted by molar-refractivity contribution is 4.85. The fourth-order valence-electron chi connectivity index (χ4n) is 3.83. The summed E-state index contributed by atoms with van der Waals surface area (Å²) in [5, 5.41) is 0. The van der Waals surface area contributed by atoms with Gasteiger partial charge in [-0.15, -0.1) is 0 Å². The van der Waals surface area contributed by atoms with E-state index in [1.165, 1.54) is 38.6 Å². The van der Waals surface area contributed by atoms with Crippen molar-refractivity contribution >= 4 is 0 Å². The summed E-state index contributed by atoms with van der Waals surface area (Å²) in [6, 6.07) is 1.04. The summed E-state index contributed by atoms with van der Waals surface area (Å²) in [7, 11) is 4.32. The minimum absolute atomic E-state index is 0.420. The van der Waals surface area contributed by atoms with E-state index in [1.807, 2.05) is 0 Å². The largest absolute Gasteiger partial charge is 0.327 e. The van der Waals surface area contributed by atoms with Gasteiger partial charge in [0.05, 0.1) is 0 Å². The van der Waals surface area contributed by atoms with Crippen LogP contribution in [0.4, 0.5) is 0 Å². The monoisotopic (exact) mass is 283 g/mol. The molecule has 1 aliphatic rings. The van der Waals surface area contributed by atoms with E-state index >= 15 is 0 Å². The summed E-state index contributed by atoms with van der Waals surface area (Å²) in [5.74, 6) is 1.62. The fraction of sp³-hybridized carbons (Fsp3) is 1.00. The quantitative estimate of drug-likeness (QED) is 0.743. The maximum atomic E-state index is 6.40. The van der Waals surface area contributed by atoms with Gasteiger partial charge in [-0.2, -0.15) is 0 Å². The summed E-state index contributed by atoms with van der Waals surface area (Å²) >= 11 is 0. The van der Waals surface area contributed by atoms with Gasteiger partial charge in [-0.3, -0.25) is 4.90 Å². The molecule has 0 spiro atoms. The van der Waals surface area contributed by atoms with E-state index in [4.69, 9.17) is 5.73 Å². The molecule has 0 heterocycles. The Morgan fingerprint density at radius 1 is 1.20 bits per heavy atom. The minimum atomic E-state index is 0.420. The Bertz CT molecular complexity index is 255. The fourth-order valence-corrected chi connectivity index (χ4v) is 3.83. The summed E-state index contributed by atoms with van der Waals surface area (Å²) in [6.07, 6.45) is 6.64. The molecular weight excluding hydrogens is 246 g/mol. The number of nitrogens with two attached hydrogens (primary N) is 1. The Labute approximate surface area is 126 Å². The van der Waals surface area contributed by atoms with Crippen molar-refractivity contribution in [2.24, 2.45) is 17.6 Å². The molecule has 3 heteroatoms. The molecule has 4 atom stereocenters. The van der Waals surface area contributed by atoms with Crippen molar-refractivity contribution in [3.05, 3.63) is 0 Å². The van der Waals surface area contributed by atoms with E-state index in [-0.39, 0.29) is 0 Å². The second-order valence-corrected chi connectivity index (χ2v) is 7.09. The predicted molar refractivity (Wildman–Crippen MR) is 89.0 cm³/mol. The summed E-state index contributed by atoms with van der Waals surface area (Å²) in [6.45, 7) is 10.4. The topological polar surface area (TPSA) is 32.5 Å². The van der Waals surface area contributed by atoms with Gasteiger partial charge in [0.1, 0.15) is 0 Å². The van der Waals surface area contributed by atoms with Gasteiger partial charge in [-0.05, 0) is 58.7 Å². The first-order valence-electron chi connectivity index (χ1n) is 8.62.